The van der Waals surface area contributed by atoms with Gasteiger partial charge in [0.15, 0.2) is 0 Å². The maximum Gasteiger partial charge on any atom is 0.237 e. The van der Waals surface area contributed by atoms with E-state index in [1.54, 1.807) is 36.4 Å². The van der Waals surface area contributed by atoms with E-state index in [1.807, 2.05) is 6.92 Å². The normalized spacial score (nSPS) is 20.0. The highest BCUT2D eigenvalue weighted by Gasteiger charge is 2.42. The van der Waals surface area contributed by atoms with Gasteiger partial charge in [-0.25, -0.2) is 0 Å². The van der Waals surface area contributed by atoms with Crippen LogP contribution in [-0.2, 0) is 15.0 Å². The first-order valence-corrected chi connectivity index (χ1v) is 7.14. The fraction of sp³-hybridized carbons (Fsp3) is 0.312. The van der Waals surface area contributed by atoms with E-state index in [2.05, 4.69) is 15.8 Å². The van der Waals surface area contributed by atoms with Gasteiger partial charge in [-0.2, -0.15) is 15.6 Å². The zero-order valence-corrected chi connectivity index (χ0v) is 12.6. The molecule has 0 spiro atoms. The summed E-state index contributed by atoms with van der Waals surface area (Å²) < 4.78 is 0. The van der Waals surface area contributed by atoms with Gasteiger partial charge in [0, 0.05) is 6.42 Å². The van der Waals surface area contributed by atoms with E-state index in [-0.39, 0.29) is 17.5 Å². The molecular formula is C16H15N5O2. The maximum absolute atomic E-state index is 12.3. The minimum atomic E-state index is -0.708. The van der Waals surface area contributed by atoms with Crippen molar-refractivity contribution in [3.63, 3.8) is 0 Å². The Morgan fingerprint density at radius 1 is 1.30 bits per heavy atom. The van der Waals surface area contributed by atoms with Crippen molar-refractivity contribution in [1.82, 2.24) is 5.32 Å². The smallest absolute Gasteiger partial charge is 0.237 e. The third kappa shape index (κ3) is 3.19. The molecule has 0 aliphatic carbocycles. The number of amides is 2. The summed E-state index contributed by atoms with van der Waals surface area (Å²) >= 11 is 0. The molecule has 1 heterocycles. The number of benzene rings is 1. The Bertz CT molecular complexity index is 723. The fourth-order valence-corrected chi connectivity index (χ4v) is 2.63. The van der Waals surface area contributed by atoms with Gasteiger partial charge >= 0.3 is 0 Å². The molecule has 7 nitrogen and oxygen atoms in total. The SMILES string of the molecule is CCC1(c2ccc(NN=C(C#N)C#N)cc2)CCC(=O)NC1=O. The predicted octanol–water partition coefficient (Wildman–Crippen LogP) is 1.59. The van der Waals surface area contributed by atoms with Crippen molar-refractivity contribution in [1.29, 1.82) is 10.5 Å². The van der Waals surface area contributed by atoms with Crippen molar-refractivity contribution in [3.8, 4) is 12.1 Å². The second kappa shape index (κ2) is 6.71. The summed E-state index contributed by atoms with van der Waals surface area (Å²) in [4.78, 5) is 23.7. The van der Waals surface area contributed by atoms with Crippen LogP contribution in [0.2, 0.25) is 0 Å². The lowest BCUT2D eigenvalue weighted by Crippen LogP contribution is -2.51. The summed E-state index contributed by atoms with van der Waals surface area (Å²) in [5.74, 6) is -0.515. The molecule has 1 aromatic rings. The number of hydrogen-bond acceptors (Lipinski definition) is 6. The Morgan fingerprint density at radius 3 is 2.48 bits per heavy atom. The van der Waals surface area contributed by atoms with Crippen LogP contribution in [0.15, 0.2) is 29.4 Å². The number of hydrazone groups is 1. The van der Waals surface area contributed by atoms with Crippen molar-refractivity contribution >= 4 is 23.2 Å². The summed E-state index contributed by atoms with van der Waals surface area (Å²) in [5.41, 5.74) is 3.04. The first kappa shape index (κ1) is 16.2. The largest absolute Gasteiger partial charge is 0.296 e. The molecule has 7 heteroatoms. The molecule has 0 saturated carbocycles. The summed E-state index contributed by atoms with van der Waals surface area (Å²) in [6.07, 6.45) is 1.38. The average molecular weight is 309 g/mol. The molecular weight excluding hydrogens is 294 g/mol. The van der Waals surface area contributed by atoms with Crippen molar-refractivity contribution in [2.45, 2.75) is 31.6 Å². The molecule has 1 saturated heterocycles. The van der Waals surface area contributed by atoms with Crippen LogP contribution in [0.1, 0.15) is 31.7 Å². The second-order valence-corrected chi connectivity index (χ2v) is 5.19. The van der Waals surface area contributed by atoms with E-state index in [1.165, 1.54) is 0 Å². The summed E-state index contributed by atoms with van der Waals surface area (Å²) in [5, 5.41) is 23.3. The molecule has 2 amide bonds. The van der Waals surface area contributed by atoms with Crippen molar-refractivity contribution < 1.29 is 9.59 Å². The number of nitriles is 2. The van der Waals surface area contributed by atoms with Gasteiger partial charge in [0.25, 0.3) is 0 Å². The van der Waals surface area contributed by atoms with E-state index in [0.717, 1.165) is 5.56 Å². The Balaban J connectivity index is 2.23. The van der Waals surface area contributed by atoms with Crippen molar-refractivity contribution in [2.75, 3.05) is 5.43 Å². The number of nitrogens with zero attached hydrogens (tertiary/aromatic N) is 3. The quantitative estimate of drug-likeness (QED) is 0.497. The van der Waals surface area contributed by atoms with Crippen LogP contribution >= 0.6 is 0 Å². The van der Waals surface area contributed by atoms with Crippen LogP contribution in [0.4, 0.5) is 5.69 Å². The fourth-order valence-electron chi connectivity index (χ4n) is 2.63. The van der Waals surface area contributed by atoms with Gasteiger partial charge in [-0.05, 0) is 30.5 Å². The average Bonchev–Trinajstić information content (AvgIpc) is 2.57. The van der Waals surface area contributed by atoms with Crippen LogP contribution in [0.25, 0.3) is 0 Å². The molecule has 0 radical (unpaired) electrons. The van der Waals surface area contributed by atoms with Crippen LogP contribution < -0.4 is 10.7 Å². The zero-order chi connectivity index (χ0) is 16.9. The topological polar surface area (TPSA) is 118 Å². The molecule has 1 aromatic carbocycles. The molecule has 0 bridgehead atoms. The van der Waals surface area contributed by atoms with E-state index in [4.69, 9.17) is 10.5 Å². The van der Waals surface area contributed by atoms with Gasteiger partial charge in [0.05, 0.1) is 11.1 Å². The molecule has 23 heavy (non-hydrogen) atoms. The molecule has 1 unspecified atom stereocenters. The number of carbonyl (C=O) groups is 2. The Labute approximate surface area is 133 Å². The number of imide groups is 1. The standard InChI is InChI=1S/C16H15N5O2/c1-2-16(8-7-14(22)19-15(16)23)11-3-5-12(6-4-11)20-21-13(9-17)10-18/h3-6,20H,2,7-8H2,1H3,(H,19,22,23). The Hall–Kier alpha value is -3.19. The van der Waals surface area contributed by atoms with Gasteiger partial charge in [0.2, 0.25) is 17.5 Å². The number of nitrogens with one attached hydrogen (secondary N) is 2. The number of anilines is 1. The predicted molar refractivity (Wildman–Crippen MR) is 83.1 cm³/mol. The second-order valence-electron chi connectivity index (χ2n) is 5.19. The summed E-state index contributed by atoms with van der Waals surface area (Å²) in [6.45, 7) is 1.91. The molecule has 116 valence electrons. The van der Waals surface area contributed by atoms with Crippen LogP contribution in [0.5, 0.6) is 0 Å². The van der Waals surface area contributed by atoms with E-state index in [0.29, 0.717) is 24.9 Å². The highest BCUT2D eigenvalue weighted by molar-refractivity contribution is 6.10. The van der Waals surface area contributed by atoms with Crippen LogP contribution in [0.3, 0.4) is 0 Å². The first-order valence-electron chi connectivity index (χ1n) is 7.14. The lowest BCUT2D eigenvalue weighted by molar-refractivity contribution is -0.138. The molecule has 1 aliphatic heterocycles. The van der Waals surface area contributed by atoms with Gasteiger partial charge in [-0.3, -0.25) is 20.3 Å². The van der Waals surface area contributed by atoms with Gasteiger partial charge in [-0.1, -0.05) is 19.1 Å². The number of piperidine rings is 1. The molecule has 0 aromatic heterocycles. The van der Waals surface area contributed by atoms with Gasteiger partial charge in [-0.15, -0.1) is 0 Å². The zero-order valence-electron chi connectivity index (χ0n) is 12.6. The maximum atomic E-state index is 12.3. The molecule has 2 N–H and O–H groups in total. The summed E-state index contributed by atoms with van der Waals surface area (Å²) in [7, 11) is 0. The molecule has 1 aliphatic rings. The van der Waals surface area contributed by atoms with Crippen LogP contribution in [-0.4, -0.2) is 17.5 Å². The van der Waals surface area contributed by atoms with Crippen molar-refractivity contribution in [3.05, 3.63) is 29.8 Å². The minimum absolute atomic E-state index is 0.243. The molecule has 1 atom stereocenters. The number of hydrogen-bond donors (Lipinski definition) is 2. The molecule has 1 fully saturated rings. The van der Waals surface area contributed by atoms with Crippen LogP contribution in [0, 0.1) is 22.7 Å². The third-order valence-corrected chi connectivity index (χ3v) is 4.02. The lowest BCUT2D eigenvalue weighted by atomic mass is 9.72. The van der Waals surface area contributed by atoms with Gasteiger partial charge < -0.3 is 0 Å². The highest BCUT2D eigenvalue weighted by Crippen LogP contribution is 2.36. The first-order chi connectivity index (χ1) is 11.1. The number of rotatable bonds is 4. The van der Waals surface area contributed by atoms with Crippen molar-refractivity contribution in [2.24, 2.45) is 5.10 Å². The highest BCUT2D eigenvalue weighted by atomic mass is 16.2. The lowest BCUT2D eigenvalue weighted by Gasteiger charge is -2.35. The van der Waals surface area contributed by atoms with E-state index < -0.39 is 5.41 Å². The Morgan fingerprint density at radius 2 is 1.96 bits per heavy atom. The Kier molecular flexibility index (Phi) is 4.72. The third-order valence-electron chi connectivity index (χ3n) is 4.02. The molecule has 2 rings (SSSR count). The monoisotopic (exact) mass is 309 g/mol. The van der Waals surface area contributed by atoms with E-state index >= 15 is 0 Å². The number of carbonyl (C=O) groups excluding carboxylic acids is 2. The minimum Gasteiger partial charge on any atom is -0.296 e. The summed E-state index contributed by atoms with van der Waals surface area (Å²) in [6, 6.07) is 10.3. The van der Waals surface area contributed by atoms with E-state index in [9.17, 15) is 9.59 Å². The van der Waals surface area contributed by atoms with Gasteiger partial charge in [0.1, 0.15) is 12.1 Å².